The average Bonchev–Trinajstić information content (AvgIpc) is 2.74. The lowest BCUT2D eigenvalue weighted by Gasteiger charge is -2.01. The number of aromatic nitrogens is 4. The third-order valence-electron chi connectivity index (χ3n) is 1.88. The number of nitrogen functional groups attached to an aromatic ring is 1. The molecule has 0 aliphatic carbocycles. The summed E-state index contributed by atoms with van der Waals surface area (Å²) in [5.41, 5.74) is 6.22. The Hall–Kier alpha value is -1.96. The molecule has 0 aliphatic rings. The SMILES string of the molecule is Cc1cc(NC(=O)c2nnc(N)s2)n(C)n1. The summed E-state index contributed by atoms with van der Waals surface area (Å²) in [6.45, 7) is 1.85. The number of nitrogens with one attached hydrogen (secondary N) is 1. The number of rotatable bonds is 2. The molecule has 0 bridgehead atoms. The maximum Gasteiger partial charge on any atom is 0.287 e. The van der Waals surface area contributed by atoms with E-state index in [4.69, 9.17) is 5.73 Å². The van der Waals surface area contributed by atoms with Crippen molar-refractivity contribution in [2.75, 3.05) is 11.1 Å². The van der Waals surface area contributed by atoms with Gasteiger partial charge in [0.2, 0.25) is 10.1 Å². The molecule has 2 heterocycles. The lowest BCUT2D eigenvalue weighted by Crippen LogP contribution is -2.14. The molecule has 3 N–H and O–H groups in total. The molecule has 0 spiro atoms. The minimum Gasteiger partial charge on any atom is -0.374 e. The molecule has 0 atom stereocenters. The van der Waals surface area contributed by atoms with E-state index in [9.17, 15) is 4.79 Å². The molecule has 0 unspecified atom stereocenters. The van der Waals surface area contributed by atoms with E-state index in [2.05, 4.69) is 20.6 Å². The number of nitrogens with zero attached hydrogens (tertiary/aromatic N) is 4. The van der Waals surface area contributed by atoms with Crippen LogP contribution in [0.2, 0.25) is 0 Å². The highest BCUT2D eigenvalue weighted by molar-refractivity contribution is 7.16. The third-order valence-corrected chi connectivity index (χ3v) is 2.63. The predicted octanol–water partition coefficient (Wildman–Crippen LogP) is 0.415. The molecule has 0 aromatic carbocycles. The number of hydrogen-bond donors (Lipinski definition) is 2. The Bertz CT molecular complexity index is 530. The van der Waals surface area contributed by atoms with Gasteiger partial charge < -0.3 is 11.1 Å². The molecule has 7 nitrogen and oxygen atoms in total. The van der Waals surface area contributed by atoms with Crippen molar-refractivity contribution in [3.63, 3.8) is 0 Å². The van der Waals surface area contributed by atoms with Gasteiger partial charge in [-0.25, -0.2) is 0 Å². The Morgan fingerprint density at radius 2 is 2.31 bits per heavy atom. The van der Waals surface area contributed by atoms with Gasteiger partial charge in [-0.2, -0.15) is 5.10 Å². The zero-order valence-corrected chi connectivity index (χ0v) is 9.58. The van der Waals surface area contributed by atoms with Crippen LogP contribution in [0.5, 0.6) is 0 Å². The maximum atomic E-state index is 11.7. The van der Waals surface area contributed by atoms with E-state index in [1.807, 2.05) is 6.92 Å². The first kappa shape index (κ1) is 10.6. The lowest BCUT2D eigenvalue weighted by atomic mass is 10.4. The summed E-state index contributed by atoms with van der Waals surface area (Å²) >= 11 is 1.04. The average molecular weight is 238 g/mol. The number of anilines is 2. The highest BCUT2D eigenvalue weighted by Crippen LogP contribution is 2.14. The second-order valence-corrected chi connectivity index (χ2v) is 4.20. The van der Waals surface area contributed by atoms with Crippen molar-refractivity contribution in [2.45, 2.75) is 6.92 Å². The normalized spacial score (nSPS) is 10.4. The molecule has 16 heavy (non-hydrogen) atoms. The van der Waals surface area contributed by atoms with Gasteiger partial charge in [-0.05, 0) is 6.92 Å². The van der Waals surface area contributed by atoms with Crippen LogP contribution in [0.25, 0.3) is 0 Å². The van der Waals surface area contributed by atoms with Crippen molar-refractivity contribution in [2.24, 2.45) is 7.05 Å². The Labute approximate surface area is 95.3 Å². The van der Waals surface area contributed by atoms with Crippen molar-refractivity contribution in [1.29, 1.82) is 0 Å². The minimum absolute atomic E-state index is 0.233. The fourth-order valence-corrected chi connectivity index (χ4v) is 1.73. The molecule has 0 saturated carbocycles. The highest BCUT2D eigenvalue weighted by Gasteiger charge is 2.13. The van der Waals surface area contributed by atoms with Crippen LogP contribution < -0.4 is 11.1 Å². The first-order chi connectivity index (χ1) is 7.56. The second kappa shape index (κ2) is 3.89. The van der Waals surface area contributed by atoms with Crippen LogP contribution in [-0.4, -0.2) is 25.9 Å². The Morgan fingerprint density at radius 3 is 2.81 bits per heavy atom. The van der Waals surface area contributed by atoms with Gasteiger partial charge in [0.05, 0.1) is 5.69 Å². The van der Waals surface area contributed by atoms with Crippen LogP contribution in [0.3, 0.4) is 0 Å². The van der Waals surface area contributed by atoms with E-state index in [0.717, 1.165) is 17.0 Å². The molecule has 0 fully saturated rings. The molecule has 84 valence electrons. The smallest absolute Gasteiger partial charge is 0.287 e. The Balaban J connectivity index is 2.16. The molecular weight excluding hydrogens is 228 g/mol. The van der Waals surface area contributed by atoms with Crippen molar-refractivity contribution in [3.05, 3.63) is 16.8 Å². The summed E-state index contributed by atoms with van der Waals surface area (Å²) in [5.74, 6) is 0.272. The van der Waals surface area contributed by atoms with Crippen molar-refractivity contribution >= 4 is 28.2 Å². The molecular formula is C8H10N6OS. The fraction of sp³-hybridized carbons (Fsp3) is 0.250. The number of aryl methyl sites for hydroxylation is 2. The van der Waals surface area contributed by atoms with Crippen molar-refractivity contribution in [3.8, 4) is 0 Å². The number of carbonyl (C=O) groups is 1. The molecule has 0 saturated heterocycles. The highest BCUT2D eigenvalue weighted by atomic mass is 32.1. The van der Waals surface area contributed by atoms with Crippen LogP contribution in [0.4, 0.5) is 10.9 Å². The molecule has 0 aliphatic heterocycles. The summed E-state index contributed by atoms with van der Waals surface area (Å²) in [5, 5.41) is 14.5. The lowest BCUT2D eigenvalue weighted by molar-refractivity contribution is 0.102. The zero-order chi connectivity index (χ0) is 11.7. The monoisotopic (exact) mass is 238 g/mol. The first-order valence-corrected chi connectivity index (χ1v) is 5.29. The standard InChI is InChI=1S/C8H10N6OS/c1-4-3-5(14(2)13-4)10-6(15)7-11-12-8(9)16-7/h3H,1-2H3,(H2,9,12)(H,10,15). The molecule has 8 heteroatoms. The van der Waals surface area contributed by atoms with Crippen LogP contribution >= 0.6 is 11.3 Å². The van der Waals surface area contributed by atoms with E-state index in [1.165, 1.54) is 0 Å². The molecule has 0 radical (unpaired) electrons. The van der Waals surface area contributed by atoms with Gasteiger partial charge in [-0.3, -0.25) is 9.48 Å². The Kier molecular flexibility index (Phi) is 2.57. The third kappa shape index (κ3) is 2.01. The van der Waals surface area contributed by atoms with Gasteiger partial charge in [0.25, 0.3) is 5.91 Å². The topological polar surface area (TPSA) is 98.7 Å². The maximum absolute atomic E-state index is 11.7. The zero-order valence-electron chi connectivity index (χ0n) is 8.76. The van der Waals surface area contributed by atoms with Crippen molar-refractivity contribution in [1.82, 2.24) is 20.0 Å². The van der Waals surface area contributed by atoms with E-state index >= 15 is 0 Å². The Morgan fingerprint density at radius 1 is 1.56 bits per heavy atom. The number of amides is 1. The van der Waals surface area contributed by atoms with E-state index in [1.54, 1.807) is 17.8 Å². The van der Waals surface area contributed by atoms with Crippen molar-refractivity contribution < 1.29 is 4.79 Å². The van der Waals surface area contributed by atoms with Gasteiger partial charge in [0, 0.05) is 13.1 Å². The summed E-state index contributed by atoms with van der Waals surface area (Å²) in [6, 6.07) is 1.77. The van der Waals surface area contributed by atoms with Crippen LogP contribution in [0.15, 0.2) is 6.07 Å². The number of hydrogen-bond acceptors (Lipinski definition) is 6. The quantitative estimate of drug-likeness (QED) is 0.789. The summed E-state index contributed by atoms with van der Waals surface area (Å²) in [4.78, 5) is 11.7. The molecule has 1 amide bonds. The first-order valence-electron chi connectivity index (χ1n) is 4.47. The summed E-state index contributed by atoms with van der Waals surface area (Å²) < 4.78 is 1.58. The number of carbonyl (C=O) groups excluding carboxylic acids is 1. The van der Waals surface area contributed by atoms with E-state index < -0.39 is 0 Å². The van der Waals surface area contributed by atoms with Gasteiger partial charge in [0.15, 0.2) is 0 Å². The van der Waals surface area contributed by atoms with Gasteiger partial charge >= 0.3 is 0 Å². The number of nitrogens with two attached hydrogens (primary N) is 1. The summed E-state index contributed by atoms with van der Waals surface area (Å²) in [6.07, 6.45) is 0. The largest absolute Gasteiger partial charge is 0.374 e. The van der Waals surface area contributed by atoms with E-state index in [0.29, 0.717) is 5.82 Å². The minimum atomic E-state index is -0.336. The second-order valence-electron chi connectivity index (χ2n) is 3.19. The van der Waals surface area contributed by atoms with Gasteiger partial charge in [-0.15, -0.1) is 10.2 Å². The fourth-order valence-electron chi connectivity index (χ4n) is 1.22. The van der Waals surface area contributed by atoms with Crippen LogP contribution in [-0.2, 0) is 7.05 Å². The molecule has 2 aromatic heterocycles. The molecule has 2 rings (SSSR count). The van der Waals surface area contributed by atoms with Crippen LogP contribution in [0.1, 0.15) is 15.5 Å². The van der Waals surface area contributed by atoms with E-state index in [-0.39, 0.29) is 16.0 Å². The van der Waals surface area contributed by atoms with Gasteiger partial charge in [-0.1, -0.05) is 11.3 Å². The summed E-state index contributed by atoms with van der Waals surface area (Å²) in [7, 11) is 1.75. The van der Waals surface area contributed by atoms with Gasteiger partial charge in [0.1, 0.15) is 5.82 Å². The predicted molar refractivity (Wildman–Crippen MR) is 60.2 cm³/mol. The molecule has 2 aromatic rings. The van der Waals surface area contributed by atoms with Crippen LogP contribution in [0, 0.1) is 6.92 Å².